The smallest absolute Gasteiger partial charge is 0.312 e. The van der Waals surface area contributed by atoms with E-state index in [0.29, 0.717) is 11.1 Å². The second-order valence-corrected chi connectivity index (χ2v) is 3.67. The van der Waals surface area contributed by atoms with Gasteiger partial charge in [0.2, 0.25) is 5.75 Å². The zero-order valence-corrected chi connectivity index (χ0v) is 11.9. The molecule has 5 nitrogen and oxygen atoms in total. The molecule has 0 N–H and O–H groups in total. The van der Waals surface area contributed by atoms with Gasteiger partial charge in [-0.15, -0.1) is 0 Å². The van der Waals surface area contributed by atoms with Crippen LogP contribution in [0.4, 0.5) is 5.69 Å². The second-order valence-electron chi connectivity index (χ2n) is 2.82. The molecule has 1 rings (SSSR count). The Morgan fingerprint density at radius 2 is 1.94 bits per heavy atom. The van der Waals surface area contributed by atoms with Crippen molar-refractivity contribution in [2.75, 3.05) is 14.2 Å². The lowest BCUT2D eigenvalue weighted by Gasteiger charge is -2.06. The fourth-order valence-corrected chi connectivity index (χ4v) is 1.88. The molecule has 6 heteroatoms. The molecule has 0 amide bonds. The van der Waals surface area contributed by atoms with E-state index in [1.165, 1.54) is 20.3 Å². The maximum absolute atomic E-state index is 10.8. The average Bonchev–Trinajstić information content (AvgIpc) is 2.31. The van der Waals surface area contributed by atoms with Gasteiger partial charge in [-0.3, -0.25) is 10.1 Å². The fourth-order valence-electron chi connectivity index (χ4n) is 1.22. The number of halogens is 1. The Balaban J connectivity index is 0.00000121. The predicted octanol–water partition coefficient (Wildman–Crippen LogP) is 3.54. The van der Waals surface area contributed by atoms with Crippen LogP contribution in [0.25, 0.3) is 0 Å². The second kappa shape index (κ2) is 8.03. The van der Waals surface area contributed by atoms with E-state index < -0.39 is 4.92 Å². The third kappa shape index (κ3) is 4.32. The number of hydrogen-bond acceptors (Lipinski definition) is 4. The molecule has 0 aliphatic rings. The Bertz CT molecular complexity index is 382. The van der Waals surface area contributed by atoms with Crippen LogP contribution in [0.3, 0.4) is 0 Å². The number of ether oxygens (including phenoxy) is 2. The summed E-state index contributed by atoms with van der Waals surface area (Å²) in [5, 5.41) is 10.8. The molecule has 1 aromatic rings. The van der Waals surface area contributed by atoms with Gasteiger partial charge in [0, 0.05) is 13.2 Å². The standard InChI is InChI=1S/C9H10BrNO4.C2H6/c1-14-5-6-3-7(10)9(15-2)8(4-6)11(12)13;1-2/h3-4H,5H2,1-2H3;1-2H3. The summed E-state index contributed by atoms with van der Waals surface area (Å²) in [4.78, 5) is 10.3. The lowest BCUT2D eigenvalue weighted by atomic mass is 10.2. The van der Waals surface area contributed by atoms with E-state index in [0.717, 1.165) is 5.56 Å². The molecule has 0 fully saturated rings. The summed E-state index contributed by atoms with van der Waals surface area (Å²) in [6.07, 6.45) is 0. The molecular formula is C11H16BrNO4. The third-order valence-corrected chi connectivity index (χ3v) is 2.38. The molecule has 0 heterocycles. The summed E-state index contributed by atoms with van der Waals surface area (Å²) in [6.45, 7) is 4.32. The fraction of sp³-hybridized carbons (Fsp3) is 0.455. The molecule has 0 spiro atoms. The molecule has 96 valence electrons. The van der Waals surface area contributed by atoms with Gasteiger partial charge in [0.05, 0.1) is 23.1 Å². The van der Waals surface area contributed by atoms with Gasteiger partial charge in [-0.05, 0) is 27.6 Å². The molecule has 17 heavy (non-hydrogen) atoms. The van der Waals surface area contributed by atoms with Crippen LogP contribution >= 0.6 is 15.9 Å². The minimum Gasteiger partial charge on any atom is -0.489 e. The molecule has 0 radical (unpaired) electrons. The van der Waals surface area contributed by atoms with Gasteiger partial charge in [-0.1, -0.05) is 13.8 Å². The molecule has 0 aliphatic carbocycles. The number of nitrogens with zero attached hydrogens (tertiary/aromatic N) is 1. The predicted molar refractivity (Wildman–Crippen MR) is 69.4 cm³/mol. The van der Waals surface area contributed by atoms with Crippen LogP contribution < -0.4 is 4.74 Å². The molecule has 0 aromatic heterocycles. The molecule has 1 aromatic carbocycles. The minimum absolute atomic E-state index is 0.0704. The molecule has 0 aliphatic heterocycles. The van der Waals surface area contributed by atoms with Crippen LogP contribution in [0.2, 0.25) is 0 Å². The first-order valence-electron chi connectivity index (χ1n) is 5.10. The largest absolute Gasteiger partial charge is 0.489 e. The normalized spacial score (nSPS) is 9.24. The van der Waals surface area contributed by atoms with Crippen LogP contribution in [0.5, 0.6) is 5.75 Å². The maximum atomic E-state index is 10.8. The van der Waals surface area contributed by atoms with Gasteiger partial charge in [-0.25, -0.2) is 0 Å². The van der Waals surface area contributed by atoms with Gasteiger partial charge in [0.15, 0.2) is 0 Å². The van der Waals surface area contributed by atoms with E-state index in [1.54, 1.807) is 6.07 Å². The van der Waals surface area contributed by atoms with Crippen molar-refractivity contribution in [3.8, 4) is 5.75 Å². The lowest BCUT2D eigenvalue weighted by molar-refractivity contribution is -0.385. The van der Waals surface area contributed by atoms with E-state index in [4.69, 9.17) is 9.47 Å². The monoisotopic (exact) mass is 305 g/mol. The van der Waals surface area contributed by atoms with Crippen molar-refractivity contribution in [2.45, 2.75) is 20.5 Å². The van der Waals surface area contributed by atoms with Crippen LogP contribution in [0.15, 0.2) is 16.6 Å². The Hall–Kier alpha value is -1.14. The van der Waals surface area contributed by atoms with Crippen molar-refractivity contribution in [1.29, 1.82) is 0 Å². The molecule has 0 saturated carbocycles. The third-order valence-electron chi connectivity index (χ3n) is 1.80. The first-order valence-corrected chi connectivity index (χ1v) is 5.89. The van der Waals surface area contributed by atoms with Crippen LogP contribution in [-0.4, -0.2) is 19.1 Å². The number of nitro groups is 1. The van der Waals surface area contributed by atoms with Gasteiger partial charge in [0.25, 0.3) is 0 Å². The van der Waals surface area contributed by atoms with Gasteiger partial charge < -0.3 is 9.47 Å². The number of hydrogen-bond donors (Lipinski definition) is 0. The summed E-state index contributed by atoms with van der Waals surface area (Å²) in [7, 11) is 2.92. The highest BCUT2D eigenvalue weighted by molar-refractivity contribution is 9.10. The van der Waals surface area contributed by atoms with Gasteiger partial charge in [0.1, 0.15) is 0 Å². The highest BCUT2D eigenvalue weighted by Gasteiger charge is 2.19. The maximum Gasteiger partial charge on any atom is 0.312 e. The van der Waals surface area contributed by atoms with E-state index >= 15 is 0 Å². The summed E-state index contributed by atoms with van der Waals surface area (Å²) in [5.41, 5.74) is 0.649. The zero-order valence-electron chi connectivity index (χ0n) is 10.3. The Labute approximate surface area is 109 Å². The number of rotatable bonds is 4. The van der Waals surface area contributed by atoms with Crippen molar-refractivity contribution in [3.05, 3.63) is 32.3 Å². The summed E-state index contributed by atoms with van der Waals surface area (Å²) >= 11 is 3.21. The number of methoxy groups -OCH3 is 2. The SMILES string of the molecule is CC.COCc1cc(Br)c(OC)c([N+](=O)[O-])c1. The average molecular weight is 306 g/mol. The molecule has 0 saturated heterocycles. The van der Waals surface area contributed by atoms with Crippen LogP contribution in [-0.2, 0) is 11.3 Å². The van der Waals surface area contributed by atoms with Crippen molar-refractivity contribution in [2.24, 2.45) is 0 Å². The van der Waals surface area contributed by atoms with E-state index in [2.05, 4.69) is 15.9 Å². The molecule has 0 bridgehead atoms. The molecule has 0 atom stereocenters. The van der Waals surface area contributed by atoms with Gasteiger partial charge in [-0.2, -0.15) is 0 Å². The zero-order chi connectivity index (χ0) is 13.4. The molecular weight excluding hydrogens is 290 g/mol. The molecule has 0 unspecified atom stereocenters. The minimum atomic E-state index is -0.483. The van der Waals surface area contributed by atoms with Gasteiger partial charge >= 0.3 is 5.69 Å². The quantitative estimate of drug-likeness (QED) is 0.630. The van der Waals surface area contributed by atoms with E-state index in [9.17, 15) is 10.1 Å². The Kier molecular flexibility index (Phi) is 7.49. The van der Waals surface area contributed by atoms with Crippen molar-refractivity contribution in [1.82, 2.24) is 0 Å². The first-order chi connectivity index (χ1) is 8.10. The van der Waals surface area contributed by atoms with Crippen molar-refractivity contribution >= 4 is 21.6 Å². The summed E-state index contributed by atoms with van der Waals surface area (Å²) in [5.74, 6) is 0.222. The first kappa shape index (κ1) is 15.9. The lowest BCUT2D eigenvalue weighted by Crippen LogP contribution is -1.97. The Morgan fingerprint density at radius 3 is 2.35 bits per heavy atom. The van der Waals surface area contributed by atoms with Crippen molar-refractivity contribution in [3.63, 3.8) is 0 Å². The van der Waals surface area contributed by atoms with Crippen molar-refractivity contribution < 1.29 is 14.4 Å². The van der Waals surface area contributed by atoms with Crippen LogP contribution in [0, 0.1) is 10.1 Å². The van der Waals surface area contributed by atoms with E-state index in [-0.39, 0.29) is 11.4 Å². The number of nitro benzene ring substituents is 1. The van der Waals surface area contributed by atoms with Crippen LogP contribution in [0.1, 0.15) is 19.4 Å². The topological polar surface area (TPSA) is 61.6 Å². The van der Waals surface area contributed by atoms with E-state index in [1.807, 2.05) is 13.8 Å². The summed E-state index contributed by atoms with van der Waals surface area (Å²) < 4.78 is 10.4. The Morgan fingerprint density at radius 1 is 1.35 bits per heavy atom. The summed E-state index contributed by atoms with van der Waals surface area (Å²) in [6, 6.07) is 3.17. The highest BCUT2D eigenvalue weighted by Crippen LogP contribution is 2.36. The number of benzene rings is 1. The highest BCUT2D eigenvalue weighted by atomic mass is 79.9.